The minimum atomic E-state index is -1.30. The van der Waals surface area contributed by atoms with Gasteiger partial charge in [-0.05, 0) is 44.4 Å². The van der Waals surface area contributed by atoms with E-state index in [0.29, 0.717) is 47.6 Å². The summed E-state index contributed by atoms with van der Waals surface area (Å²) >= 11 is 6.75. The molecule has 0 fully saturated rings. The number of carbonyl (C=O) groups is 2. The minimum Gasteiger partial charge on any atom is -0.546 e. The molecule has 1 aromatic heterocycles. The number of hydrogen-bond acceptors (Lipinski definition) is 7. The number of aromatic nitrogens is 2. The van der Waals surface area contributed by atoms with E-state index in [4.69, 9.17) is 30.8 Å². The van der Waals surface area contributed by atoms with Crippen molar-refractivity contribution < 1.29 is 28.9 Å². The molecule has 0 radical (unpaired) electrons. The molecule has 0 saturated heterocycles. The highest BCUT2D eigenvalue weighted by Crippen LogP contribution is 2.42. The number of aryl methyl sites for hydroxylation is 1. The molecular weight excluding hydrogens is 522 g/mol. The largest absolute Gasteiger partial charge is 0.546 e. The van der Waals surface area contributed by atoms with Gasteiger partial charge in [0, 0.05) is 17.7 Å². The number of halogens is 1. The Morgan fingerprint density at radius 1 is 1.08 bits per heavy atom. The van der Waals surface area contributed by atoms with Gasteiger partial charge in [-0.1, -0.05) is 43.6 Å². The number of benzene rings is 2. The summed E-state index contributed by atoms with van der Waals surface area (Å²) in [5, 5.41) is 11.2. The molecule has 2 aromatic carbocycles. The number of amides is 1. The van der Waals surface area contributed by atoms with Crippen molar-refractivity contribution in [3.8, 4) is 17.2 Å². The number of carboxylic acids is 1. The summed E-state index contributed by atoms with van der Waals surface area (Å²) in [6, 6.07) is 10.7. The zero-order valence-corrected chi connectivity index (χ0v) is 24.0. The van der Waals surface area contributed by atoms with Gasteiger partial charge in [0.05, 0.1) is 44.7 Å². The summed E-state index contributed by atoms with van der Waals surface area (Å²) in [6.45, 7) is 7.96. The Hall–Kier alpha value is -3.72. The third kappa shape index (κ3) is 7.23. The summed E-state index contributed by atoms with van der Waals surface area (Å²) in [4.78, 5) is 31.0. The van der Waals surface area contributed by atoms with Crippen LogP contribution in [0.4, 0.5) is 5.69 Å². The van der Waals surface area contributed by atoms with Gasteiger partial charge in [0.15, 0.2) is 11.5 Å². The normalized spacial score (nSPS) is 11.0. The molecule has 0 aliphatic heterocycles. The van der Waals surface area contributed by atoms with E-state index in [1.165, 1.54) is 14.2 Å². The molecule has 0 bridgehead atoms. The fourth-order valence-corrected chi connectivity index (χ4v) is 4.56. The lowest BCUT2D eigenvalue weighted by Crippen LogP contribution is -2.32. The molecule has 39 heavy (non-hydrogen) atoms. The van der Waals surface area contributed by atoms with Crippen molar-refractivity contribution >= 4 is 29.2 Å². The maximum atomic E-state index is 13.6. The van der Waals surface area contributed by atoms with Gasteiger partial charge >= 0.3 is 0 Å². The quantitative estimate of drug-likeness (QED) is 0.309. The van der Waals surface area contributed by atoms with Crippen LogP contribution in [-0.4, -0.2) is 42.3 Å². The molecule has 9 nitrogen and oxygen atoms in total. The first-order chi connectivity index (χ1) is 18.6. The summed E-state index contributed by atoms with van der Waals surface area (Å²) in [7, 11) is 3.02. The van der Waals surface area contributed by atoms with Gasteiger partial charge in [0.1, 0.15) is 23.2 Å². The molecule has 0 aliphatic rings. The SMILES string of the molecule is COc1ccc(N(Cc2nc(C)c(C)n2Cc2ccccc2OCC(=O)[O-])C(=O)CCC(C)C)c(Cl)c1OC. The monoisotopic (exact) mass is 556 g/mol. The van der Waals surface area contributed by atoms with Gasteiger partial charge in [0.2, 0.25) is 5.91 Å². The summed E-state index contributed by atoms with van der Waals surface area (Å²) in [5.41, 5.74) is 2.98. The average Bonchev–Trinajstić information content (AvgIpc) is 3.17. The van der Waals surface area contributed by atoms with E-state index in [9.17, 15) is 14.7 Å². The minimum absolute atomic E-state index is 0.0969. The van der Waals surface area contributed by atoms with E-state index in [1.807, 2.05) is 30.5 Å². The third-order valence-electron chi connectivity index (χ3n) is 6.47. The first kappa shape index (κ1) is 29.8. The van der Waals surface area contributed by atoms with Crippen LogP contribution in [0.25, 0.3) is 0 Å². The highest BCUT2D eigenvalue weighted by atomic mass is 35.5. The summed E-state index contributed by atoms with van der Waals surface area (Å²) in [6.07, 6.45) is 1.05. The number of imidazole rings is 1. The molecule has 210 valence electrons. The van der Waals surface area contributed by atoms with E-state index in [0.717, 1.165) is 23.4 Å². The van der Waals surface area contributed by atoms with Crippen molar-refractivity contribution in [3.63, 3.8) is 0 Å². The van der Waals surface area contributed by atoms with Gasteiger partial charge < -0.3 is 33.6 Å². The second-order valence-corrected chi connectivity index (χ2v) is 9.98. The molecule has 0 unspecified atom stereocenters. The number of nitrogens with zero attached hydrogens (tertiary/aromatic N) is 3. The van der Waals surface area contributed by atoms with Crippen molar-refractivity contribution in [2.45, 2.75) is 53.6 Å². The molecule has 1 heterocycles. The molecule has 0 spiro atoms. The Kier molecular flexibility index (Phi) is 10.2. The zero-order chi connectivity index (χ0) is 28.7. The van der Waals surface area contributed by atoms with Crippen LogP contribution in [0, 0.1) is 19.8 Å². The van der Waals surface area contributed by atoms with Gasteiger partial charge in [-0.3, -0.25) is 4.79 Å². The molecule has 0 N–H and O–H groups in total. The number of para-hydroxylation sites is 1. The van der Waals surface area contributed by atoms with Crippen LogP contribution >= 0.6 is 11.6 Å². The van der Waals surface area contributed by atoms with Gasteiger partial charge in [-0.15, -0.1) is 0 Å². The van der Waals surface area contributed by atoms with Crippen molar-refractivity contribution in [1.29, 1.82) is 0 Å². The van der Waals surface area contributed by atoms with Crippen LogP contribution in [0.3, 0.4) is 0 Å². The average molecular weight is 557 g/mol. The summed E-state index contributed by atoms with van der Waals surface area (Å²) in [5.74, 6) is 0.827. The number of hydrogen-bond donors (Lipinski definition) is 0. The summed E-state index contributed by atoms with van der Waals surface area (Å²) < 4.78 is 18.3. The molecule has 3 aromatic rings. The maximum absolute atomic E-state index is 13.6. The van der Waals surface area contributed by atoms with E-state index < -0.39 is 12.6 Å². The van der Waals surface area contributed by atoms with E-state index >= 15 is 0 Å². The number of aliphatic carboxylic acids is 1. The lowest BCUT2D eigenvalue weighted by molar-refractivity contribution is -0.307. The van der Waals surface area contributed by atoms with E-state index in [-0.39, 0.29) is 17.5 Å². The Labute approximate surface area is 234 Å². The molecule has 0 atom stereocenters. The third-order valence-corrected chi connectivity index (χ3v) is 6.84. The van der Waals surface area contributed by atoms with Crippen molar-refractivity contribution in [3.05, 3.63) is 64.2 Å². The Balaban J connectivity index is 2.04. The molecular formula is C29H35ClN3O6-. The second kappa shape index (κ2) is 13.4. The Morgan fingerprint density at radius 2 is 1.79 bits per heavy atom. The van der Waals surface area contributed by atoms with E-state index in [1.54, 1.807) is 29.2 Å². The Bertz CT molecular complexity index is 1320. The number of methoxy groups -OCH3 is 2. The van der Waals surface area contributed by atoms with Crippen LogP contribution in [-0.2, 0) is 22.7 Å². The molecule has 10 heteroatoms. The zero-order valence-electron chi connectivity index (χ0n) is 23.2. The first-order valence-corrected chi connectivity index (χ1v) is 13.1. The standard InChI is InChI=1S/C29H36ClN3O6/c1-18(2)11-14-26(34)33(22-12-13-24(37-5)29(38-6)28(22)30)16-25-31-19(3)20(4)32(25)15-21-9-7-8-10-23(21)39-17-27(35)36/h7-10,12-13,18H,11,14-17H2,1-6H3,(H,35,36)/p-1. The van der Waals surface area contributed by atoms with Gasteiger partial charge in [-0.2, -0.15) is 0 Å². The number of ether oxygens (including phenoxy) is 3. The fraction of sp³-hybridized carbons (Fsp3) is 0.414. The van der Waals surface area contributed by atoms with Crippen molar-refractivity contribution in [1.82, 2.24) is 9.55 Å². The second-order valence-electron chi connectivity index (χ2n) is 9.60. The highest BCUT2D eigenvalue weighted by molar-refractivity contribution is 6.35. The topological polar surface area (TPSA) is 106 Å². The molecule has 0 saturated carbocycles. The first-order valence-electron chi connectivity index (χ1n) is 12.7. The number of rotatable bonds is 13. The highest BCUT2D eigenvalue weighted by Gasteiger charge is 2.26. The predicted octanol–water partition coefficient (Wildman–Crippen LogP) is 4.32. The van der Waals surface area contributed by atoms with Crippen LogP contribution < -0.4 is 24.2 Å². The molecule has 1 amide bonds. The number of carbonyl (C=O) groups excluding carboxylic acids is 2. The maximum Gasteiger partial charge on any atom is 0.227 e. The Morgan fingerprint density at radius 3 is 2.44 bits per heavy atom. The van der Waals surface area contributed by atoms with Gasteiger partial charge in [0.25, 0.3) is 0 Å². The van der Waals surface area contributed by atoms with Crippen LogP contribution in [0.15, 0.2) is 36.4 Å². The molecule has 3 rings (SSSR count). The van der Waals surface area contributed by atoms with Crippen LogP contribution in [0.1, 0.15) is 49.5 Å². The number of carboxylic acid groups (broad SMARTS) is 1. The van der Waals surface area contributed by atoms with Crippen molar-refractivity contribution in [2.75, 3.05) is 25.7 Å². The lowest BCUT2D eigenvalue weighted by atomic mass is 10.1. The number of anilines is 1. The van der Waals surface area contributed by atoms with Gasteiger partial charge in [-0.25, -0.2) is 4.98 Å². The molecule has 0 aliphatic carbocycles. The van der Waals surface area contributed by atoms with Crippen molar-refractivity contribution in [2.24, 2.45) is 5.92 Å². The smallest absolute Gasteiger partial charge is 0.227 e. The van der Waals surface area contributed by atoms with Crippen LogP contribution in [0.5, 0.6) is 17.2 Å². The fourth-order valence-electron chi connectivity index (χ4n) is 4.22. The van der Waals surface area contributed by atoms with E-state index in [2.05, 4.69) is 13.8 Å². The lowest BCUT2D eigenvalue weighted by Gasteiger charge is -2.26. The predicted molar refractivity (Wildman–Crippen MR) is 148 cm³/mol. The van der Waals surface area contributed by atoms with Crippen LogP contribution in [0.2, 0.25) is 5.02 Å².